The summed E-state index contributed by atoms with van der Waals surface area (Å²) in [4.78, 5) is 7.33. The second kappa shape index (κ2) is 9.44. The van der Waals surface area contributed by atoms with Crippen molar-refractivity contribution in [2.75, 3.05) is 38.2 Å². The number of nitrogens with zero attached hydrogens (tertiary/aromatic N) is 3. The third kappa shape index (κ3) is 5.23. The summed E-state index contributed by atoms with van der Waals surface area (Å²) >= 11 is 1.60. The summed E-state index contributed by atoms with van der Waals surface area (Å²) in [5.41, 5.74) is 3.21. The summed E-state index contributed by atoms with van der Waals surface area (Å²) in [5, 5.41) is 3.01. The van der Waals surface area contributed by atoms with Crippen LogP contribution in [-0.4, -0.2) is 51.0 Å². The average Bonchev–Trinajstić information content (AvgIpc) is 3.27. The second-order valence-corrected chi connectivity index (χ2v) is 12.1. The van der Waals surface area contributed by atoms with Gasteiger partial charge in [-0.2, -0.15) is 4.31 Å². The number of anilines is 1. The molecule has 0 aliphatic carbocycles. The molecule has 176 valence electrons. The zero-order valence-corrected chi connectivity index (χ0v) is 21.2. The van der Waals surface area contributed by atoms with Crippen molar-refractivity contribution in [3.63, 3.8) is 0 Å². The maximum atomic E-state index is 13.1. The van der Waals surface area contributed by atoms with Crippen LogP contribution in [0.3, 0.4) is 0 Å². The molecular weight excluding hydrogens is 454 g/mol. The minimum Gasteiger partial charge on any atom is -0.496 e. The fourth-order valence-corrected chi connectivity index (χ4v) is 6.26. The van der Waals surface area contributed by atoms with Gasteiger partial charge in [0.1, 0.15) is 5.75 Å². The molecule has 0 atom stereocenters. The van der Waals surface area contributed by atoms with Crippen LogP contribution in [0, 0.1) is 0 Å². The van der Waals surface area contributed by atoms with Gasteiger partial charge in [0.25, 0.3) is 0 Å². The fraction of sp³-hybridized carbons (Fsp3) is 0.400. The highest BCUT2D eigenvalue weighted by Gasteiger charge is 2.29. The maximum absolute atomic E-state index is 13.1. The standard InChI is InChI=1S/C25H31N3O3S2/c1-25(2,3)20-9-11-22(12-10-20)33(29,30)28-15-13-27(14-16-28)24-26-21(18-32-24)17-19-7-5-6-8-23(19)31-4/h5-12,18H,13-17H2,1-4H3. The highest BCUT2D eigenvalue weighted by molar-refractivity contribution is 7.89. The number of hydrogen-bond acceptors (Lipinski definition) is 6. The van der Waals surface area contributed by atoms with Crippen LogP contribution in [0.25, 0.3) is 0 Å². The van der Waals surface area contributed by atoms with Crippen LogP contribution in [0.1, 0.15) is 37.6 Å². The maximum Gasteiger partial charge on any atom is 0.243 e. The molecule has 3 aromatic rings. The number of benzene rings is 2. The average molecular weight is 486 g/mol. The molecule has 33 heavy (non-hydrogen) atoms. The minimum absolute atomic E-state index is 0.00782. The van der Waals surface area contributed by atoms with Gasteiger partial charge in [0.05, 0.1) is 17.7 Å². The molecule has 0 radical (unpaired) electrons. The molecule has 2 aromatic carbocycles. The van der Waals surface area contributed by atoms with Crippen LogP contribution >= 0.6 is 11.3 Å². The third-order valence-electron chi connectivity index (χ3n) is 5.97. The first-order valence-electron chi connectivity index (χ1n) is 11.1. The van der Waals surface area contributed by atoms with Crippen molar-refractivity contribution in [3.8, 4) is 5.75 Å². The van der Waals surface area contributed by atoms with Crippen LogP contribution < -0.4 is 9.64 Å². The lowest BCUT2D eigenvalue weighted by Crippen LogP contribution is -2.48. The van der Waals surface area contributed by atoms with Gasteiger partial charge in [0.15, 0.2) is 5.13 Å². The first-order valence-corrected chi connectivity index (χ1v) is 13.4. The third-order valence-corrected chi connectivity index (χ3v) is 8.83. The molecule has 0 spiro atoms. The van der Waals surface area contributed by atoms with Gasteiger partial charge in [0.2, 0.25) is 10.0 Å². The zero-order chi connectivity index (χ0) is 23.6. The number of rotatable bonds is 6. The molecule has 1 aliphatic heterocycles. The summed E-state index contributed by atoms with van der Waals surface area (Å²) < 4.78 is 33.3. The Bertz CT molecular complexity index is 1190. The lowest BCUT2D eigenvalue weighted by Gasteiger charge is -2.33. The van der Waals surface area contributed by atoms with Crippen molar-refractivity contribution in [1.82, 2.24) is 9.29 Å². The molecule has 1 saturated heterocycles. The summed E-state index contributed by atoms with van der Waals surface area (Å²) in [6, 6.07) is 15.3. The number of thiazole rings is 1. The Morgan fingerprint density at radius 1 is 1.00 bits per heavy atom. The monoisotopic (exact) mass is 485 g/mol. The number of sulfonamides is 1. The molecule has 1 aliphatic rings. The molecule has 1 fully saturated rings. The number of hydrogen-bond donors (Lipinski definition) is 0. The first-order chi connectivity index (χ1) is 15.7. The molecule has 0 N–H and O–H groups in total. The van der Waals surface area contributed by atoms with Crippen LogP contribution in [0.4, 0.5) is 5.13 Å². The Balaban J connectivity index is 1.40. The summed E-state index contributed by atoms with van der Waals surface area (Å²) in [6.45, 7) is 8.51. The Hall–Kier alpha value is -2.42. The van der Waals surface area contributed by atoms with E-state index in [0.717, 1.165) is 27.7 Å². The van der Waals surface area contributed by atoms with E-state index >= 15 is 0 Å². The Morgan fingerprint density at radius 3 is 2.30 bits per heavy atom. The van der Waals surface area contributed by atoms with Gasteiger partial charge in [-0.05, 0) is 29.2 Å². The van der Waals surface area contributed by atoms with Gasteiger partial charge in [-0.3, -0.25) is 0 Å². The molecule has 6 nitrogen and oxygen atoms in total. The van der Waals surface area contributed by atoms with Gasteiger partial charge >= 0.3 is 0 Å². The van der Waals surface area contributed by atoms with Gasteiger partial charge in [-0.25, -0.2) is 13.4 Å². The Morgan fingerprint density at radius 2 is 1.67 bits per heavy atom. The molecule has 8 heteroatoms. The van der Waals surface area contributed by atoms with E-state index in [1.54, 1.807) is 34.9 Å². The molecule has 4 rings (SSSR count). The predicted molar refractivity (Wildman–Crippen MR) is 134 cm³/mol. The van der Waals surface area contributed by atoms with Crippen molar-refractivity contribution in [3.05, 3.63) is 70.7 Å². The lowest BCUT2D eigenvalue weighted by molar-refractivity contribution is 0.384. The van der Waals surface area contributed by atoms with Crippen LogP contribution in [0.2, 0.25) is 0 Å². The topological polar surface area (TPSA) is 62.7 Å². The highest BCUT2D eigenvalue weighted by atomic mass is 32.2. The number of methoxy groups -OCH3 is 1. The molecular formula is C25H31N3O3S2. The van der Waals surface area contributed by atoms with E-state index in [0.29, 0.717) is 37.5 Å². The van der Waals surface area contributed by atoms with E-state index in [1.165, 1.54) is 0 Å². The Kier molecular flexibility index (Phi) is 6.79. The van der Waals surface area contributed by atoms with Crippen molar-refractivity contribution in [2.45, 2.75) is 37.5 Å². The molecule has 2 heterocycles. The lowest BCUT2D eigenvalue weighted by atomic mass is 9.87. The normalized spacial score (nSPS) is 15.6. The van der Waals surface area contributed by atoms with E-state index in [2.05, 4.69) is 37.1 Å². The van der Waals surface area contributed by atoms with E-state index < -0.39 is 10.0 Å². The van der Waals surface area contributed by atoms with Gasteiger partial charge in [-0.15, -0.1) is 11.3 Å². The van der Waals surface area contributed by atoms with E-state index in [4.69, 9.17) is 9.72 Å². The van der Waals surface area contributed by atoms with E-state index in [9.17, 15) is 8.42 Å². The van der Waals surface area contributed by atoms with Gasteiger partial charge in [0, 0.05) is 43.5 Å². The largest absolute Gasteiger partial charge is 0.496 e. The van der Waals surface area contributed by atoms with Crippen LogP contribution in [0.15, 0.2) is 58.8 Å². The molecule has 0 amide bonds. The van der Waals surface area contributed by atoms with E-state index in [1.807, 2.05) is 30.3 Å². The van der Waals surface area contributed by atoms with Crippen molar-refractivity contribution < 1.29 is 13.2 Å². The zero-order valence-electron chi connectivity index (χ0n) is 19.6. The number of piperazine rings is 1. The first kappa shape index (κ1) is 23.7. The van der Waals surface area contributed by atoms with Gasteiger partial charge in [-0.1, -0.05) is 51.1 Å². The highest BCUT2D eigenvalue weighted by Crippen LogP contribution is 2.28. The van der Waals surface area contributed by atoms with Crippen LogP contribution in [0.5, 0.6) is 5.75 Å². The quantitative estimate of drug-likeness (QED) is 0.513. The van der Waals surface area contributed by atoms with Crippen molar-refractivity contribution >= 4 is 26.5 Å². The summed E-state index contributed by atoms with van der Waals surface area (Å²) in [7, 11) is -1.82. The Labute approximate surface area is 200 Å². The smallest absolute Gasteiger partial charge is 0.243 e. The van der Waals surface area contributed by atoms with Crippen LogP contribution in [-0.2, 0) is 21.9 Å². The molecule has 0 saturated carbocycles. The van der Waals surface area contributed by atoms with E-state index in [-0.39, 0.29) is 5.41 Å². The second-order valence-electron chi connectivity index (χ2n) is 9.28. The number of para-hydroxylation sites is 1. The number of ether oxygens (including phenoxy) is 1. The summed E-state index contributed by atoms with van der Waals surface area (Å²) in [5.74, 6) is 0.862. The number of aromatic nitrogens is 1. The van der Waals surface area contributed by atoms with Crippen molar-refractivity contribution in [2.24, 2.45) is 0 Å². The summed E-state index contributed by atoms with van der Waals surface area (Å²) in [6.07, 6.45) is 0.708. The molecule has 0 bridgehead atoms. The fourth-order valence-electron chi connectivity index (χ4n) is 3.96. The molecule has 1 aromatic heterocycles. The molecule has 0 unspecified atom stereocenters. The minimum atomic E-state index is -3.50. The SMILES string of the molecule is COc1ccccc1Cc1csc(N2CCN(S(=O)(=O)c3ccc(C(C)(C)C)cc3)CC2)n1. The van der Waals surface area contributed by atoms with Crippen molar-refractivity contribution in [1.29, 1.82) is 0 Å². The van der Waals surface area contributed by atoms with Gasteiger partial charge < -0.3 is 9.64 Å². The predicted octanol–water partition coefficient (Wildman–Crippen LogP) is 4.55.